The Kier molecular flexibility index (Phi) is 14.0. The summed E-state index contributed by atoms with van der Waals surface area (Å²) in [6, 6.07) is 43.7. The van der Waals surface area contributed by atoms with E-state index in [0.717, 1.165) is 51.7 Å². The second kappa shape index (κ2) is 17.9. The van der Waals surface area contributed by atoms with Gasteiger partial charge in [0.2, 0.25) is 0 Å². The number of hydrogen-bond donors (Lipinski definition) is 0. The third-order valence-corrected chi connectivity index (χ3v) is 19.4. The predicted molar refractivity (Wildman–Crippen MR) is 213 cm³/mol. The van der Waals surface area contributed by atoms with Gasteiger partial charge in [0.05, 0.1) is 0 Å². The Morgan fingerprint density at radius 1 is 0.396 bits per heavy atom. The fourth-order valence-corrected chi connectivity index (χ4v) is 16.3. The van der Waals surface area contributed by atoms with Crippen molar-refractivity contribution in [3.05, 3.63) is 146 Å². The standard InChI is InChI=1S/C44H58O2Si2/c1-43(2,3)47(39-29-19-15-20-30-39,40-31-21-16-22-32-40)45-37-27-13-11-9-7-8-10-12-14-28-38-46-48(44(4,5)6,41-33-23-17-24-34-41)42-35-25-18-26-36-42/h9-12,15-26,29-36H,7-8,13-14,27-28,37-38H2,1-6H3/b11-9+,12-10+. The maximum absolute atomic E-state index is 7.03. The molecule has 0 aliphatic heterocycles. The Labute approximate surface area is 294 Å². The lowest BCUT2D eigenvalue weighted by molar-refractivity contribution is 0.293. The molecule has 0 bridgehead atoms. The minimum Gasteiger partial charge on any atom is -0.407 e. The van der Waals surface area contributed by atoms with Crippen LogP contribution in [0, 0.1) is 0 Å². The van der Waals surface area contributed by atoms with E-state index in [9.17, 15) is 0 Å². The first-order valence-electron chi connectivity index (χ1n) is 17.9. The summed E-state index contributed by atoms with van der Waals surface area (Å²) in [6.45, 7) is 15.6. The van der Waals surface area contributed by atoms with Gasteiger partial charge in [-0.05, 0) is 69.3 Å². The maximum Gasteiger partial charge on any atom is 0.261 e. The molecule has 254 valence electrons. The predicted octanol–water partition coefficient (Wildman–Crippen LogP) is 9.59. The Hall–Kier alpha value is -3.29. The first-order valence-corrected chi connectivity index (χ1v) is 21.7. The van der Waals surface area contributed by atoms with Gasteiger partial charge in [0.1, 0.15) is 0 Å². The molecule has 0 aliphatic rings. The quantitative estimate of drug-likeness (QED) is 0.0631. The number of unbranched alkanes of at least 4 members (excludes halogenated alkanes) is 3. The van der Waals surface area contributed by atoms with E-state index < -0.39 is 16.6 Å². The highest BCUT2D eigenvalue weighted by atomic mass is 28.4. The normalized spacial score (nSPS) is 13.0. The smallest absolute Gasteiger partial charge is 0.261 e. The van der Waals surface area contributed by atoms with Crippen LogP contribution in [0.3, 0.4) is 0 Å². The lowest BCUT2D eigenvalue weighted by Crippen LogP contribution is -2.66. The van der Waals surface area contributed by atoms with Crippen molar-refractivity contribution >= 4 is 37.4 Å². The van der Waals surface area contributed by atoms with E-state index in [1.165, 1.54) is 20.7 Å². The zero-order valence-corrected chi connectivity index (χ0v) is 32.3. The van der Waals surface area contributed by atoms with Crippen molar-refractivity contribution in [2.75, 3.05) is 13.2 Å². The fraction of sp³-hybridized carbons (Fsp3) is 0.364. The molecular weight excluding hydrogens is 617 g/mol. The second-order valence-corrected chi connectivity index (χ2v) is 23.4. The first-order chi connectivity index (χ1) is 23.1. The van der Waals surface area contributed by atoms with E-state index in [1.807, 2.05) is 0 Å². The number of benzene rings is 4. The summed E-state index contributed by atoms with van der Waals surface area (Å²) >= 11 is 0. The first kappa shape index (κ1) is 37.5. The summed E-state index contributed by atoms with van der Waals surface area (Å²) in [5, 5.41) is 5.43. The fourth-order valence-electron chi connectivity index (χ4n) is 7.04. The van der Waals surface area contributed by atoms with E-state index in [2.05, 4.69) is 187 Å². The van der Waals surface area contributed by atoms with Crippen molar-refractivity contribution in [1.29, 1.82) is 0 Å². The van der Waals surface area contributed by atoms with Crippen LogP contribution >= 0.6 is 0 Å². The van der Waals surface area contributed by atoms with Crippen LogP contribution in [0.2, 0.25) is 10.1 Å². The molecule has 0 aliphatic carbocycles. The van der Waals surface area contributed by atoms with E-state index in [-0.39, 0.29) is 10.1 Å². The topological polar surface area (TPSA) is 18.5 Å². The molecule has 0 unspecified atom stereocenters. The summed E-state index contributed by atoms with van der Waals surface area (Å²) in [6.07, 6.45) is 15.6. The third-order valence-electron chi connectivity index (χ3n) is 9.33. The average molecular weight is 675 g/mol. The van der Waals surface area contributed by atoms with Gasteiger partial charge < -0.3 is 8.85 Å². The van der Waals surface area contributed by atoms with Crippen molar-refractivity contribution < 1.29 is 8.85 Å². The molecule has 4 rings (SSSR count). The van der Waals surface area contributed by atoms with E-state index in [4.69, 9.17) is 8.85 Å². The van der Waals surface area contributed by atoms with Crippen LogP contribution in [0.4, 0.5) is 0 Å². The highest BCUT2D eigenvalue weighted by molar-refractivity contribution is 7.00. The largest absolute Gasteiger partial charge is 0.407 e. The van der Waals surface area contributed by atoms with Crippen molar-refractivity contribution in [2.24, 2.45) is 0 Å². The zero-order chi connectivity index (χ0) is 34.4. The zero-order valence-electron chi connectivity index (χ0n) is 30.3. The molecule has 0 atom stereocenters. The van der Waals surface area contributed by atoms with Crippen molar-refractivity contribution in [3.8, 4) is 0 Å². The molecule has 4 aromatic rings. The molecular formula is C44H58O2Si2. The van der Waals surface area contributed by atoms with Crippen LogP contribution in [0.5, 0.6) is 0 Å². The molecule has 4 aromatic carbocycles. The molecule has 2 nitrogen and oxygen atoms in total. The highest BCUT2D eigenvalue weighted by Crippen LogP contribution is 2.38. The van der Waals surface area contributed by atoms with Crippen LogP contribution in [-0.2, 0) is 8.85 Å². The Morgan fingerprint density at radius 2 is 0.646 bits per heavy atom. The van der Waals surface area contributed by atoms with Crippen LogP contribution < -0.4 is 20.7 Å². The molecule has 0 heterocycles. The van der Waals surface area contributed by atoms with Crippen LogP contribution in [-0.4, -0.2) is 29.8 Å². The summed E-state index contributed by atoms with van der Waals surface area (Å²) in [5.41, 5.74) is 0. The summed E-state index contributed by atoms with van der Waals surface area (Å²) in [7, 11) is -4.89. The lowest BCUT2D eigenvalue weighted by atomic mass is 10.2. The summed E-state index contributed by atoms with van der Waals surface area (Å²) in [4.78, 5) is 0. The monoisotopic (exact) mass is 674 g/mol. The van der Waals surface area contributed by atoms with Gasteiger partial charge >= 0.3 is 0 Å². The van der Waals surface area contributed by atoms with Crippen molar-refractivity contribution in [3.63, 3.8) is 0 Å². The summed E-state index contributed by atoms with van der Waals surface area (Å²) < 4.78 is 14.1. The number of rotatable bonds is 17. The molecule has 0 fully saturated rings. The highest BCUT2D eigenvalue weighted by Gasteiger charge is 2.51. The van der Waals surface area contributed by atoms with E-state index in [1.54, 1.807) is 0 Å². The molecule has 0 spiro atoms. The molecule has 0 amide bonds. The maximum atomic E-state index is 7.03. The van der Waals surface area contributed by atoms with Gasteiger partial charge in [0.15, 0.2) is 0 Å². The average Bonchev–Trinajstić information content (AvgIpc) is 3.09. The van der Waals surface area contributed by atoms with Crippen LogP contribution in [0.25, 0.3) is 0 Å². The van der Waals surface area contributed by atoms with Gasteiger partial charge in [0.25, 0.3) is 16.6 Å². The van der Waals surface area contributed by atoms with E-state index in [0.29, 0.717) is 0 Å². The second-order valence-electron chi connectivity index (χ2n) is 14.8. The third kappa shape index (κ3) is 9.23. The molecule has 0 N–H and O–H groups in total. The van der Waals surface area contributed by atoms with Crippen molar-refractivity contribution in [2.45, 2.75) is 90.1 Å². The molecule has 0 aromatic heterocycles. The van der Waals surface area contributed by atoms with Gasteiger partial charge in [-0.1, -0.05) is 187 Å². The minimum atomic E-state index is -2.44. The van der Waals surface area contributed by atoms with Gasteiger partial charge in [-0.25, -0.2) is 0 Å². The molecule has 0 saturated heterocycles. The Bertz CT molecular complexity index is 1320. The number of allylic oxidation sites excluding steroid dienone is 4. The molecule has 0 saturated carbocycles. The minimum absolute atomic E-state index is 0.0193. The molecule has 4 heteroatoms. The summed E-state index contributed by atoms with van der Waals surface area (Å²) in [5.74, 6) is 0. The lowest BCUT2D eigenvalue weighted by Gasteiger charge is -2.43. The molecule has 0 radical (unpaired) electrons. The molecule has 48 heavy (non-hydrogen) atoms. The van der Waals surface area contributed by atoms with Gasteiger partial charge in [0, 0.05) is 13.2 Å². The van der Waals surface area contributed by atoms with Gasteiger partial charge in [-0.2, -0.15) is 0 Å². The van der Waals surface area contributed by atoms with Gasteiger partial charge in [-0.3, -0.25) is 0 Å². The van der Waals surface area contributed by atoms with Crippen LogP contribution in [0.15, 0.2) is 146 Å². The Balaban J connectivity index is 1.22. The SMILES string of the molecule is CC(C)(C)[Si](OCCC/C=C/CC/C=C/CCCO[Si](c1ccccc1)(c1ccccc1)C(C)(C)C)(c1ccccc1)c1ccccc1. The Morgan fingerprint density at radius 3 is 0.896 bits per heavy atom. The van der Waals surface area contributed by atoms with Gasteiger partial charge in [-0.15, -0.1) is 0 Å². The van der Waals surface area contributed by atoms with Crippen LogP contribution in [0.1, 0.15) is 80.1 Å². The number of hydrogen-bond acceptors (Lipinski definition) is 2. The van der Waals surface area contributed by atoms with E-state index >= 15 is 0 Å². The van der Waals surface area contributed by atoms with Crippen molar-refractivity contribution in [1.82, 2.24) is 0 Å².